The van der Waals surface area contributed by atoms with E-state index in [0.717, 1.165) is 11.3 Å². The predicted octanol–water partition coefficient (Wildman–Crippen LogP) is 4.02. The van der Waals surface area contributed by atoms with Gasteiger partial charge in [0.2, 0.25) is 15.8 Å². The Morgan fingerprint density at radius 3 is 1.94 bits per heavy atom. The molecule has 0 aliphatic carbocycles. The number of benzene rings is 2. The fourth-order valence-corrected chi connectivity index (χ4v) is 5.63. The molecule has 0 atom stereocenters. The van der Waals surface area contributed by atoms with Crippen molar-refractivity contribution in [2.75, 3.05) is 31.1 Å². The number of hydrogen-bond donors (Lipinski definition) is 0. The third kappa shape index (κ3) is 3.79. The van der Waals surface area contributed by atoms with Gasteiger partial charge in [-0.15, -0.1) is 11.3 Å². The molecule has 5 nitrogen and oxygen atoms in total. The highest BCUT2D eigenvalue weighted by molar-refractivity contribution is 7.89. The monoisotopic (exact) mass is 475 g/mol. The van der Waals surface area contributed by atoms with Crippen LogP contribution in [0.5, 0.6) is 0 Å². The molecule has 1 aromatic heterocycles. The number of halogens is 5. The van der Waals surface area contributed by atoms with Crippen LogP contribution in [-0.4, -0.2) is 43.9 Å². The fourth-order valence-electron chi connectivity index (χ4n) is 3.21. The van der Waals surface area contributed by atoms with Gasteiger partial charge in [-0.2, -0.15) is 4.31 Å². The molecule has 2 aromatic carbocycles. The standard InChI is InChI=1S/C19H14F5N3O2S2/c20-13-14(21)16(23)18(17(24)15(13)22)31(28,29)27-8-6-26(7-9-27)19-25-12(10-30-19)11-4-2-1-3-5-11/h1-5,10H,6-9H2. The Bertz CT molecular complexity index is 1200. The molecular formula is C19H14F5N3O2S2. The number of aromatic nitrogens is 1. The molecule has 0 saturated carbocycles. The van der Waals surface area contributed by atoms with Crippen LogP contribution >= 0.6 is 11.3 Å². The van der Waals surface area contributed by atoms with Crippen molar-refractivity contribution in [1.82, 2.24) is 9.29 Å². The summed E-state index contributed by atoms with van der Waals surface area (Å²) in [6.45, 7) is -0.142. The van der Waals surface area contributed by atoms with E-state index in [2.05, 4.69) is 4.98 Å². The fraction of sp³-hybridized carbons (Fsp3) is 0.211. The minimum Gasteiger partial charge on any atom is -0.345 e. The molecule has 0 unspecified atom stereocenters. The molecule has 0 spiro atoms. The average Bonchev–Trinajstić information content (AvgIpc) is 3.27. The SMILES string of the molecule is O=S(=O)(c1c(F)c(F)c(F)c(F)c1F)N1CCN(c2nc(-c3ccccc3)cs2)CC1. The van der Waals surface area contributed by atoms with Crippen LogP contribution in [0.15, 0.2) is 40.6 Å². The number of thiazole rings is 1. The molecule has 31 heavy (non-hydrogen) atoms. The maximum atomic E-state index is 14.0. The summed E-state index contributed by atoms with van der Waals surface area (Å²) in [6, 6.07) is 9.41. The second-order valence-electron chi connectivity index (χ2n) is 6.67. The summed E-state index contributed by atoms with van der Waals surface area (Å²) in [5.41, 5.74) is 1.66. The lowest BCUT2D eigenvalue weighted by Gasteiger charge is -2.33. The smallest absolute Gasteiger partial charge is 0.249 e. The van der Waals surface area contributed by atoms with Crippen LogP contribution in [-0.2, 0) is 10.0 Å². The molecule has 1 aliphatic rings. The molecule has 2 heterocycles. The van der Waals surface area contributed by atoms with E-state index in [1.54, 1.807) is 4.90 Å². The first-order chi connectivity index (χ1) is 14.7. The summed E-state index contributed by atoms with van der Waals surface area (Å²) >= 11 is 1.35. The third-order valence-corrected chi connectivity index (χ3v) is 7.66. The van der Waals surface area contributed by atoms with Crippen molar-refractivity contribution in [2.24, 2.45) is 0 Å². The number of nitrogens with zero attached hydrogens (tertiary/aromatic N) is 3. The van der Waals surface area contributed by atoms with Gasteiger partial charge in [0, 0.05) is 37.1 Å². The molecule has 0 bridgehead atoms. The molecule has 164 valence electrons. The van der Waals surface area contributed by atoms with Crippen molar-refractivity contribution in [2.45, 2.75) is 4.90 Å². The van der Waals surface area contributed by atoms with Crippen LogP contribution in [0, 0.1) is 29.1 Å². The van der Waals surface area contributed by atoms with Crippen LogP contribution in [0.4, 0.5) is 27.1 Å². The van der Waals surface area contributed by atoms with Crippen LogP contribution in [0.2, 0.25) is 0 Å². The maximum absolute atomic E-state index is 14.0. The van der Waals surface area contributed by atoms with Gasteiger partial charge in [0.05, 0.1) is 5.69 Å². The lowest BCUT2D eigenvalue weighted by Crippen LogP contribution is -2.49. The Morgan fingerprint density at radius 2 is 1.35 bits per heavy atom. The molecule has 4 rings (SSSR count). The summed E-state index contributed by atoms with van der Waals surface area (Å²) in [5.74, 6) is -11.7. The van der Waals surface area contributed by atoms with Crippen molar-refractivity contribution in [3.05, 3.63) is 64.8 Å². The van der Waals surface area contributed by atoms with Crippen molar-refractivity contribution in [1.29, 1.82) is 0 Å². The largest absolute Gasteiger partial charge is 0.345 e. The van der Waals surface area contributed by atoms with Gasteiger partial charge in [0.15, 0.2) is 33.3 Å². The lowest BCUT2D eigenvalue weighted by atomic mass is 10.2. The summed E-state index contributed by atoms with van der Waals surface area (Å²) in [5, 5.41) is 2.48. The van der Waals surface area contributed by atoms with E-state index >= 15 is 0 Å². The Balaban J connectivity index is 1.54. The van der Waals surface area contributed by atoms with Crippen LogP contribution in [0.3, 0.4) is 0 Å². The number of rotatable bonds is 4. The number of hydrogen-bond acceptors (Lipinski definition) is 5. The van der Waals surface area contributed by atoms with Gasteiger partial charge < -0.3 is 4.90 Å². The highest BCUT2D eigenvalue weighted by Crippen LogP contribution is 2.31. The molecule has 12 heteroatoms. The second-order valence-corrected chi connectivity index (χ2v) is 9.38. The summed E-state index contributed by atoms with van der Waals surface area (Å²) in [4.78, 5) is 4.48. The first kappa shape index (κ1) is 21.7. The van der Waals surface area contributed by atoms with E-state index in [4.69, 9.17) is 0 Å². The van der Waals surface area contributed by atoms with Gasteiger partial charge in [-0.25, -0.2) is 35.4 Å². The predicted molar refractivity (Wildman–Crippen MR) is 105 cm³/mol. The van der Waals surface area contributed by atoms with Crippen LogP contribution in [0.25, 0.3) is 11.3 Å². The van der Waals surface area contributed by atoms with Gasteiger partial charge in [-0.05, 0) is 0 Å². The molecule has 1 aliphatic heterocycles. The minimum absolute atomic E-state index is 0.135. The van der Waals surface area contributed by atoms with E-state index in [1.807, 2.05) is 35.7 Å². The molecule has 0 amide bonds. The van der Waals surface area contributed by atoms with E-state index < -0.39 is 44.0 Å². The van der Waals surface area contributed by atoms with E-state index in [0.29, 0.717) is 9.44 Å². The first-order valence-corrected chi connectivity index (χ1v) is 11.3. The van der Waals surface area contributed by atoms with Gasteiger partial charge in [0.25, 0.3) is 0 Å². The Labute approximate surface area is 178 Å². The number of anilines is 1. The van der Waals surface area contributed by atoms with E-state index in [1.165, 1.54) is 11.3 Å². The second kappa shape index (κ2) is 8.17. The van der Waals surface area contributed by atoms with Crippen molar-refractivity contribution in [3.8, 4) is 11.3 Å². The van der Waals surface area contributed by atoms with Crippen LogP contribution < -0.4 is 4.90 Å². The van der Waals surface area contributed by atoms with Crippen molar-refractivity contribution in [3.63, 3.8) is 0 Å². The van der Waals surface area contributed by atoms with Gasteiger partial charge in [-0.1, -0.05) is 30.3 Å². The molecule has 3 aromatic rings. The quantitative estimate of drug-likeness (QED) is 0.325. The van der Waals surface area contributed by atoms with Crippen molar-refractivity contribution >= 4 is 26.5 Å². The zero-order valence-electron chi connectivity index (χ0n) is 15.7. The maximum Gasteiger partial charge on any atom is 0.249 e. The average molecular weight is 475 g/mol. The number of piperazine rings is 1. The highest BCUT2D eigenvalue weighted by Gasteiger charge is 2.38. The summed E-state index contributed by atoms with van der Waals surface area (Å²) in [7, 11) is -4.94. The zero-order chi connectivity index (χ0) is 22.3. The van der Waals surface area contributed by atoms with Crippen LogP contribution in [0.1, 0.15) is 0 Å². The third-order valence-electron chi connectivity index (χ3n) is 4.84. The topological polar surface area (TPSA) is 53.5 Å². The lowest BCUT2D eigenvalue weighted by molar-refractivity contribution is 0.344. The Kier molecular flexibility index (Phi) is 5.71. The van der Waals surface area contributed by atoms with E-state index in [-0.39, 0.29) is 26.2 Å². The summed E-state index contributed by atoms with van der Waals surface area (Å²) < 4.78 is 94.2. The Morgan fingerprint density at radius 1 is 0.806 bits per heavy atom. The molecule has 0 radical (unpaired) electrons. The highest BCUT2D eigenvalue weighted by atomic mass is 32.2. The van der Waals surface area contributed by atoms with Gasteiger partial charge in [0.1, 0.15) is 0 Å². The van der Waals surface area contributed by atoms with Crippen molar-refractivity contribution < 1.29 is 30.4 Å². The van der Waals surface area contributed by atoms with Gasteiger partial charge >= 0.3 is 0 Å². The first-order valence-electron chi connectivity index (χ1n) is 8.99. The normalized spacial score (nSPS) is 15.5. The summed E-state index contributed by atoms with van der Waals surface area (Å²) in [6.07, 6.45) is 0. The molecule has 0 N–H and O–H groups in total. The molecule has 1 fully saturated rings. The molecule has 1 saturated heterocycles. The minimum atomic E-state index is -4.94. The molecular weight excluding hydrogens is 461 g/mol. The van der Waals surface area contributed by atoms with E-state index in [9.17, 15) is 30.4 Å². The zero-order valence-corrected chi connectivity index (χ0v) is 17.3. The number of sulfonamides is 1. The Hall–Kier alpha value is -2.57. The van der Waals surface area contributed by atoms with Gasteiger partial charge in [-0.3, -0.25) is 0 Å².